The van der Waals surface area contributed by atoms with Crippen LogP contribution >= 0.6 is 0 Å². The van der Waals surface area contributed by atoms with E-state index >= 15 is 0 Å². The molecule has 2 aromatic rings. The largest absolute Gasteiger partial charge is 0.469 e. The molecule has 0 bridgehead atoms. The molecule has 0 radical (unpaired) electrons. The van der Waals surface area contributed by atoms with Crippen LogP contribution in [0, 0.1) is 13.8 Å². The molecule has 3 heterocycles. The molecule has 0 saturated heterocycles. The van der Waals surface area contributed by atoms with Gasteiger partial charge in [-0.2, -0.15) is 0 Å². The summed E-state index contributed by atoms with van der Waals surface area (Å²) >= 11 is 0. The second kappa shape index (κ2) is 6.16. The predicted molar refractivity (Wildman–Crippen MR) is 84.8 cm³/mol. The van der Waals surface area contributed by atoms with E-state index in [-0.39, 0.29) is 18.4 Å². The lowest BCUT2D eigenvalue weighted by atomic mass is 10.1. The number of hydrogen-bond acceptors (Lipinski definition) is 5. The minimum Gasteiger partial charge on any atom is -0.469 e. The Balaban J connectivity index is 1.82. The van der Waals surface area contributed by atoms with Crippen LogP contribution in [0.3, 0.4) is 0 Å². The Bertz CT molecular complexity index is 703. The van der Waals surface area contributed by atoms with Crippen molar-refractivity contribution in [2.45, 2.75) is 39.4 Å². The molecule has 0 saturated carbocycles. The Labute approximate surface area is 135 Å². The number of aryl methyl sites for hydroxylation is 2. The van der Waals surface area contributed by atoms with E-state index in [4.69, 9.17) is 4.42 Å². The third kappa shape index (κ3) is 3.14. The molecule has 1 amide bonds. The van der Waals surface area contributed by atoms with Crippen molar-refractivity contribution >= 4 is 5.91 Å². The summed E-state index contributed by atoms with van der Waals surface area (Å²) in [6, 6.07) is 1.99. The first kappa shape index (κ1) is 15.7. The number of rotatable bonds is 4. The molecule has 1 unspecified atom stereocenters. The summed E-state index contributed by atoms with van der Waals surface area (Å²) in [7, 11) is 4.04. The van der Waals surface area contributed by atoms with Gasteiger partial charge in [-0.15, -0.1) is 10.2 Å². The topological polar surface area (TPSA) is 67.4 Å². The van der Waals surface area contributed by atoms with Crippen LogP contribution < -0.4 is 0 Å². The summed E-state index contributed by atoms with van der Waals surface area (Å²) in [6.45, 7) is 5.94. The first-order chi connectivity index (χ1) is 11.0. The third-order valence-electron chi connectivity index (χ3n) is 4.33. The molecule has 3 rings (SSSR count). The first-order valence-electron chi connectivity index (χ1n) is 7.81. The van der Waals surface area contributed by atoms with Gasteiger partial charge in [0, 0.05) is 13.1 Å². The maximum Gasteiger partial charge on any atom is 0.230 e. The molecule has 0 aliphatic carbocycles. The van der Waals surface area contributed by atoms with E-state index in [0.717, 1.165) is 36.1 Å². The average Bonchev–Trinajstić information content (AvgIpc) is 3.05. The fraction of sp³-hybridized carbons (Fsp3) is 0.562. The van der Waals surface area contributed by atoms with Crippen molar-refractivity contribution in [3.8, 4) is 0 Å². The molecule has 1 aliphatic heterocycles. The van der Waals surface area contributed by atoms with Gasteiger partial charge in [0.15, 0.2) is 5.82 Å². The molecular formula is C16H23N5O2. The Morgan fingerprint density at radius 2 is 2.17 bits per heavy atom. The lowest BCUT2D eigenvalue weighted by molar-refractivity contribution is -0.135. The molecule has 1 atom stereocenters. The number of carbonyl (C=O) groups excluding carboxylic acids is 1. The fourth-order valence-electron chi connectivity index (χ4n) is 3.06. The van der Waals surface area contributed by atoms with Crippen LogP contribution in [-0.4, -0.2) is 57.2 Å². The van der Waals surface area contributed by atoms with Gasteiger partial charge in [-0.3, -0.25) is 4.79 Å². The first-order valence-corrected chi connectivity index (χ1v) is 7.81. The van der Waals surface area contributed by atoms with Crippen molar-refractivity contribution in [2.75, 3.05) is 20.6 Å². The minimum absolute atomic E-state index is 0.0711. The lowest BCUT2D eigenvalue weighted by Gasteiger charge is -2.37. The zero-order valence-electron chi connectivity index (χ0n) is 14.1. The molecule has 0 N–H and O–H groups in total. The van der Waals surface area contributed by atoms with Crippen LogP contribution in [0.15, 0.2) is 16.7 Å². The maximum atomic E-state index is 12.8. The van der Waals surface area contributed by atoms with Gasteiger partial charge in [-0.25, -0.2) is 0 Å². The zero-order chi connectivity index (χ0) is 16.6. The van der Waals surface area contributed by atoms with Gasteiger partial charge in [-0.05, 0) is 39.6 Å². The molecule has 7 heteroatoms. The van der Waals surface area contributed by atoms with E-state index in [1.165, 1.54) is 0 Å². The number of amides is 1. The summed E-state index contributed by atoms with van der Waals surface area (Å²) in [5, 5.41) is 8.34. The number of aromatic nitrogens is 3. The molecule has 0 aromatic carbocycles. The van der Waals surface area contributed by atoms with Crippen molar-refractivity contribution in [2.24, 2.45) is 0 Å². The van der Waals surface area contributed by atoms with Crippen molar-refractivity contribution in [3.63, 3.8) is 0 Å². The van der Waals surface area contributed by atoms with Crippen LogP contribution in [0.1, 0.15) is 23.0 Å². The average molecular weight is 317 g/mol. The van der Waals surface area contributed by atoms with Crippen LogP contribution in [0.2, 0.25) is 0 Å². The number of nitrogens with zero attached hydrogens (tertiary/aromatic N) is 5. The highest BCUT2D eigenvalue weighted by Crippen LogP contribution is 2.20. The Morgan fingerprint density at radius 1 is 1.39 bits per heavy atom. The van der Waals surface area contributed by atoms with E-state index in [9.17, 15) is 4.79 Å². The van der Waals surface area contributed by atoms with Gasteiger partial charge in [-0.1, -0.05) is 0 Å². The van der Waals surface area contributed by atoms with Gasteiger partial charge in [0.25, 0.3) is 0 Å². The Morgan fingerprint density at radius 3 is 2.83 bits per heavy atom. The summed E-state index contributed by atoms with van der Waals surface area (Å²) in [4.78, 5) is 16.8. The van der Waals surface area contributed by atoms with Gasteiger partial charge >= 0.3 is 0 Å². The van der Waals surface area contributed by atoms with Crippen LogP contribution in [0.4, 0.5) is 0 Å². The van der Waals surface area contributed by atoms with E-state index in [1.807, 2.05) is 38.9 Å². The van der Waals surface area contributed by atoms with E-state index in [0.29, 0.717) is 6.54 Å². The fourth-order valence-corrected chi connectivity index (χ4v) is 3.06. The number of furan rings is 1. The van der Waals surface area contributed by atoms with E-state index in [1.54, 1.807) is 6.26 Å². The van der Waals surface area contributed by atoms with Crippen molar-refractivity contribution < 1.29 is 9.21 Å². The Hall–Kier alpha value is -2.15. The third-order valence-corrected chi connectivity index (χ3v) is 4.33. The number of carbonyl (C=O) groups is 1. The predicted octanol–water partition coefficient (Wildman–Crippen LogP) is 1.00. The summed E-state index contributed by atoms with van der Waals surface area (Å²) < 4.78 is 7.53. The Kier molecular flexibility index (Phi) is 4.21. The van der Waals surface area contributed by atoms with Crippen LogP contribution in [0.25, 0.3) is 0 Å². The number of hydrogen-bond donors (Lipinski definition) is 0. The van der Waals surface area contributed by atoms with Crippen molar-refractivity contribution in [1.82, 2.24) is 24.6 Å². The highest BCUT2D eigenvalue weighted by Gasteiger charge is 2.32. The van der Waals surface area contributed by atoms with Gasteiger partial charge in [0.2, 0.25) is 5.91 Å². The molecule has 7 nitrogen and oxygen atoms in total. The van der Waals surface area contributed by atoms with Crippen LogP contribution in [-0.2, 0) is 24.3 Å². The molecule has 2 aromatic heterocycles. The molecule has 0 fully saturated rings. The lowest BCUT2D eigenvalue weighted by Crippen LogP contribution is -2.51. The minimum atomic E-state index is 0.0711. The van der Waals surface area contributed by atoms with Gasteiger partial charge in [0.1, 0.15) is 11.6 Å². The zero-order valence-corrected chi connectivity index (χ0v) is 14.1. The smallest absolute Gasteiger partial charge is 0.230 e. The molecule has 1 aliphatic rings. The van der Waals surface area contributed by atoms with Crippen molar-refractivity contribution in [1.29, 1.82) is 0 Å². The summed E-state index contributed by atoms with van der Waals surface area (Å²) in [5.41, 5.74) is 1.01. The van der Waals surface area contributed by atoms with Crippen molar-refractivity contribution in [3.05, 3.63) is 35.3 Å². The molecule has 23 heavy (non-hydrogen) atoms. The van der Waals surface area contributed by atoms with Gasteiger partial charge in [0.05, 0.1) is 25.3 Å². The summed E-state index contributed by atoms with van der Waals surface area (Å²) in [5.74, 6) is 2.56. The monoisotopic (exact) mass is 317 g/mol. The summed E-state index contributed by atoms with van der Waals surface area (Å²) in [6.07, 6.45) is 1.92. The second-order valence-corrected chi connectivity index (χ2v) is 6.42. The highest BCUT2D eigenvalue weighted by molar-refractivity contribution is 5.79. The number of fused-ring (bicyclic) bond motifs is 1. The van der Waals surface area contributed by atoms with Crippen LogP contribution in [0.5, 0.6) is 0 Å². The molecular weight excluding hydrogens is 294 g/mol. The van der Waals surface area contributed by atoms with E-state index in [2.05, 4.69) is 19.7 Å². The molecule has 124 valence electrons. The second-order valence-electron chi connectivity index (χ2n) is 6.42. The maximum absolute atomic E-state index is 12.8. The standard InChI is InChI=1S/C16H23N5O2/c1-11-5-6-23-14(11)7-16(22)21-10-15-18-17-12(2)20(15)9-13(21)8-19(3)4/h5-6,13H,7-10H2,1-4H3. The van der Waals surface area contributed by atoms with Gasteiger partial charge < -0.3 is 18.8 Å². The normalized spacial score (nSPS) is 17.6. The van der Waals surface area contributed by atoms with E-state index < -0.39 is 0 Å². The quantitative estimate of drug-likeness (QED) is 0.842. The number of likely N-dealkylation sites (N-methyl/N-ethyl adjacent to an activating group) is 1. The molecule has 0 spiro atoms. The SMILES string of the molecule is Cc1ccoc1CC(=O)N1Cc2nnc(C)n2CC1CN(C)C. The highest BCUT2D eigenvalue weighted by atomic mass is 16.3.